The van der Waals surface area contributed by atoms with Crippen LogP contribution in [0.1, 0.15) is 21.5 Å². The van der Waals surface area contributed by atoms with Crippen LogP contribution in [-0.4, -0.2) is 22.2 Å². The fourth-order valence-corrected chi connectivity index (χ4v) is 4.64. The normalized spacial score (nSPS) is 15.6. The van der Waals surface area contributed by atoms with Crippen molar-refractivity contribution in [1.29, 1.82) is 0 Å². The molecule has 1 aliphatic heterocycles. The van der Waals surface area contributed by atoms with E-state index in [1.807, 2.05) is 24.3 Å². The number of carbonyl (C=O) groups is 2. The minimum Gasteiger partial charge on any atom is -0.488 e. The van der Waals surface area contributed by atoms with Gasteiger partial charge < -0.3 is 15.2 Å². The quantitative estimate of drug-likeness (QED) is 0.267. The topological polar surface area (TPSA) is 88.0 Å². The molecule has 0 aromatic heterocycles. The summed E-state index contributed by atoms with van der Waals surface area (Å²) in [6.07, 6.45) is 1.80. The maximum atomic E-state index is 12.4. The molecule has 1 aliphatic rings. The smallest absolute Gasteiger partial charge is 0.335 e. The number of amidine groups is 1. The van der Waals surface area contributed by atoms with Crippen LogP contribution in [0.3, 0.4) is 0 Å². The zero-order valence-electron chi connectivity index (χ0n) is 16.9. The highest BCUT2D eigenvalue weighted by molar-refractivity contribution is 14.1. The molecule has 1 saturated heterocycles. The summed E-state index contributed by atoms with van der Waals surface area (Å²) in [6, 6.07) is 19.3. The maximum Gasteiger partial charge on any atom is 0.335 e. The lowest BCUT2D eigenvalue weighted by atomic mass is 10.1. The lowest BCUT2D eigenvalue weighted by Crippen LogP contribution is -2.19. The molecule has 9 heteroatoms. The van der Waals surface area contributed by atoms with E-state index in [1.165, 1.54) is 11.8 Å². The monoisotopic (exact) mass is 590 g/mol. The van der Waals surface area contributed by atoms with Crippen molar-refractivity contribution < 1.29 is 19.4 Å². The molecule has 33 heavy (non-hydrogen) atoms. The van der Waals surface area contributed by atoms with Gasteiger partial charge in [0.15, 0.2) is 5.17 Å². The Hall–Kier alpha value is -2.82. The fraction of sp³-hybridized carbons (Fsp3) is 0.0417. The summed E-state index contributed by atoms with van der Waals surface area (Å²) in [5.41, 5.74) is 2.63. The minimum atomic E-state index is -0.960. The maximum absolute atomic E-state index is 12.4. The van der Waals surface area contributed by atoms with Crippen molar-refractivity contribution in [1.82, 2.24) is 5.32 Å². The van der Waals surface area contributed by atoms with E-state index in [-0.39, 0.29) is 11.5 Å². The van der Waals surface area contributed by atoms with Crippen molar-refractivity contribution in [2.45, 2.75) is 6.61 Å². The van der Waals surface area contributed by atoms with E-state index in [4.69, 9.17) is 21.4 Å². The second-order valence-corrected chi connectivity index (χ2v) is 9.57. The summed E-state index contributed by atoms with van der Waals surface area (Å²) < 4.78 is 6.76. The number of ether oxygens (including phenoxy) is 1. The first kappa shape index (κ1) is 23.3. The molecule has 0 atom stereocenters. The number of aliphatic imine (C=N–C) groups is 1. The molecule has 1 amide bonds. The summed E-state index contributed by atoms with van der Waals surface area (Å²) in [7, 11) is 0. The van der Waals surface area contributed by atoms with E-state index < -0.39 is 5.97 Å². The van der Waals surface area contributed by atoms with Crippen LogP contribution >= 0.6 is 46.0 Å². The molecule has 3 aromatic carbocycles. The minimum absolute atomic E-state index is 0.207. The van der Waals surface area contributed by atoms with Crippen LogP contribution in [0.5, 0.6) is 5.75 Å². The number of carbonyl (C=O) groups excluding carboxylic acids is 1. The Labute approximate surface area is 212 Å². The van der Waals surface area contributed by atoms with Crippen LogP contribution in [0, 0.1) is 3.57 Å². The molecule has 0 radical (unpaired) electrons. The summed E-state index contributed by atoms with van der Waals surface area (Å²) in [4.78, 5) is 28.3. The Morgan fingerprint density at radius 1 is 1.15 bits per heavy atom. The predicted molar refractivity (Wildman–Crippen MR) is 139 cm³/mol. The zero-order chi connectivity index (χ0) is 23.4. The number of hydrogen-bond acceptors (Lipinski definition) is 5. The molecule has 0 saturated carbocycles. The van der Waals surface area contributed by atoms with Gasteiger partial charge in [0, 0.05) is 5.02 Å². The van der Waals surface area contributed by atoms with Crippen molar-refractivity contribution in [3.63, 3.8) is 0 Å². The number of carboxylic acids is 1. The number of aromatic carboxylic acids is 1. The van der Waals surface area contributed by atoms with Gasteiger partial charge in [-0.15, -0.1) is 0 Å². The van der Waals surface area contributed by atoms with Crippen molar-refractivity contribution >= 4 is 74.8 Å². The van der Waals surface area contributed by atoms with Crippen LogP contribution in [0.4, 0.5) is 5.69 Å². The molecule has 6 nitrogen and oxygen atoms in total. The zero-order valence-corrected chi connectivity index (χ0v) is 20.6. The van der Waals surface area contributed by atoms with Crippen LogP contribution in [0.25, 0.3) is 6.08 Å². The first-order chi connectivity index (χ1) is 15.9. The highest BCUT2D eigenvalue weighted by Crippen LogP contribution is 2.30. The van der Waals surface area contributed by atoms with Crippen LogP contribution in [-0.2, 0) is 11.4 Å². The first-order valence-corrected chi connectivity index (χ1v) is 11.9. The van der Waals surface area contributed by atoms with Crippen LogP contribution in [0.15, 0.2) is 76.6 Å². The van der Waals surface area contributed by atoms with Gasteiger partial charge in [0.2, 0.25) is 0 Å². The molecule has 0 spiro atoms. The van der Waals surface area contributed by atoms with Gasteiger partial charge in [-0.2, -0.15) is 0 Å². The molecular formula is C24H16ClIN2O4S. The number of rotatable bonds is 6. The third-order valence-electron chi connectivity index (χ3n) is 4.54. The number of nitrogens with zero attached hydrogens (tertiary/aromatic N) is 1. The van der Waals surface area contributed by atoms with E-state index in [1.54, 1.807) is 48.5 Å². The van der Waals surface area contributed by atoms with Gasteiger partial charge in [-0.25, -0.2) is 9.79 Å². The molecule has 3 aromatic rings. The van der Waals surface area contributed by atoms with Crippen LogP contribution in [0.2, 0.25) is 5.02 Å². The van der Waals surface area contributed by atoms with Crippen LogP contribution < -0.4 is 10.1 Å². The highest BCUT2D eigenvalue weighted by atomic mass is 127. The van der Waals surface area contributed by atoms with E-state index in [2.05, 4.69) is 32.9 Å². The standard InChI is InChI=1S/C24H16ClIN2O4S/c25-17-2-1-3-18(12-17)27-24-28-22(29)21(33-24)11-15-6-9-20(19(26)10-15)32-13-14-4-7-16(8-5-14)23(30)31/h1-12H,13H2,(H,30,31)(H,27,28,29)/b21-11-. The van der Waals surface area contributed by atoms with Gasteiger partial charge in [-0.05, 0) is 94.0 Å². The number of benzene rings is 3. The molecule has 166 valence electrons. The molecule has 0 unspecified atom stereocenters. The highest BCUT2D eigenvalue weighted by Gasteiger charge is 2.24. The molecule has 4 rings (SSSR count). The number of hydrogen-bond donors (Lipinski definition) is 2. The summed E-state index contributed by atoms with van der Waals surface area (Å²) in [5, 5.41) is 12.8. The third-order valence-corrected chi connectivity index (χ3v) is 6.53. The number of carboxylic acid groups (broad SMARTS) is 1. The summed E-state index contributed by atoms with van der Waals surface area (Å²) in [5.74, 6) is -0.466. The summed E-state index contributed by atoms with van der Waals surface area (Å²) >= 11 is 9.44. The number of amides is 1. The van der Waals surface area contributed by atoms with Gasteiger partial charge in [0.25, 0.3) is 5.91 Å². The Morgan fingerprint density at radius 3 is 2.64 bits per heavy atom. The Bertz CT molecular complexity index is 1290. The van der Waals surface area contributed by atoms with Gasteiger partial charge in [-0.1, -0.05) is 35.9 Å². The van der Waals surface area contributed by atoms with E-state index in [0.29, 0.717) is 33.1 Å². The molecular weight excluding hydrogens is 575 g/mol. The molecule has 1 fully saturated rings. The van der Waals surface area contributed by atoms with Gasteiger partial charge in [0.05, 0.1) is 19.7 Å². The van der Waals surface area contributed by atoms with Crippen molar-refractivity contribution in [2.24, 2.45) is 4.99 Å². The van der Waals surface area contributed by atoms with E-state index >= 15 is 0 Å². The Morgan fingerprint density at radius 2 is 1.94 bits per heavy atom. The van der Waals surface area contributed by atoms with Crippen molar-refractivity contribution in [2.75, 3.05) is 0 Å². The second-order valence-electron chi connectivity index (χ2n) is 6.94. The fourth-order valence-electron chi connectivity index (χ4n) is 2.92. The predicted octanol–water partition coefficient (Wildman–Crippen LogP) is 6.11. The molecule has 2 N–H and O–H groups in total. The average Bonchev–Trinajstić information content (AvgIpc) is 3.12. The number of halogens is 2. The van der Waals surface area contributed by atoms with E-state index in [0.717, 1.165) is 14.7 Å². The van der Waals surface area contributed by atoms with Crippen molar-refractivity contribution in [3.05, 3.63) is 96.9 Å². The lowest BCUT2D eigenvalue weighted by molar-refractivity contribution is -0.115. The van der Waals surface area contributed by atoms with Crippen molar-refractivity contribution in [3.8, 4) is 5.75 Å². The molecule has 0 bridgehead atoms. The van der Waals surface area contributed by atoms with Gasteiger partial charge >= 0.3 is 5.97 Å². The molecule has 0 aliphatic carbocycles. The SMILES string of the molecule is O=C1NC(=Nc2cccc(Cl)c2)S/C1=C\c1ccc(OCc2ccc(C(=O)O)cc2)c(I)c1. The molecule has 1 heterocycles. The third kappa shape index (κ3) is 6.16. The lowest BCUT2D eigenvalue weighted by Gasteiger charge is -2.09. The Balaban J connectivity index is 1.43. The van der Waals surface area contributed by atoms with Gasteiger partial charge in [0.1, 0.15) is 12.4 Å². The second kappa shape index (κ2) is 10.4. The first-order valence-electron chi connectivity index (χ1n) is 9.67. The number of nitrogens with one attached hydrogen (secondary N) is 1. The summed E-state index contributed by atoms with van der Waals surface area (Å²) in [6.45, 7) is 0.317. The van der Waals surface area contributed by atoms with E-state index in [9.17, 15) is 9.59 Å². The Kier molecular flexibility index (Phi) is 7.36. The number of thioether (sulfide) groups is 1. The average molecular weight is 591 g/mol. The largest absolute Gasteiger partial charge is 0.488 e. The van der Waals surface area contributed by atoms with Gasteiger partial charge in [-0.3, -0.25) is 4.79 Å².